The lowest BCUT2D eigenvalue weighted by atomic mass is 10.0. The SMILES string of the molecule is CCCNC(CCc1ccco1)c1ccc(Cl)c(Cl)c1. The Morgan fingerprint density at radius 1 is 1.20 bits per heavy atom. The van der Waals surface area contributed by atoms with Gasteiger partial charge in [-0.2, -0.15) is 0 Å². The van der Waals surface area contributed by atoms with E-state index in [2.05, 4.69) is 12.2 Å². The molecule has 0 aliphatic heterocycles. The van der Waals surface area contributed by atoms with Gasteiger partial charge in [0.1, 0.15) is 5.76 Å². The molecular formula is C16H19Cl2NO. The van der Waals surface area contributed by atoms with Gasteiger partial charge in [-0.15, -0.1) is 0 Å². The van der Waals surface area contributed by atoms with Gasteiger partial charge in [0.25, 0.3) is 0 Å². The van der Waals surface area contributed by atoms with E-state index >= 15 is 0 Å². The molecular weight excluding hydrogens is 293 g/mol. The van der Waals surface area contributed by atoms with Crippen LogP contribution in [0.4, 0.5) is 0 Å². The predicted octanol–water partition coefficient (Wildman–Crippen LogP) is 5.26. The molecule has 1 heterocycles. The van der Waals surface area contributed by atoms with Gasteiger partial charge < -0.3 is 9.73 Å². The third-order valence-corrected chi connectivity index (χ3v) is 3.99. The van der Waals surface area contributed by atoms with Crippen LogP contribution in [0.15, 0.2) is 41.0 Å². The van der Waals surface area contributed by atoms with E-state index in [1.165, 1.54) is 5.56 Å². The zero-order valence-corrected chi connectivity index (χ0v) is 13.0. The lowest BCUT2D eigenvalue weighted by Crippen LogP contribution is -2.22. The van der Waals surface area contributed by atoms with Gasteiger partial charge in [-0.05, 0) is 49.2 Å². The van der Waals surface area contributed by atoms with Gasteiger partial charge in [0.15, 0.2) is 0 Å². The van der Waals surface area contributed by atoms with E-state index in [4.69, 9.17) is 27.6 Å². The molecule has 0 radical (unpaired) electrons. The summed E-state index contributed by atoms with van der Waals surface area (Å²) in [4.78, 5) is 0. The normalized spacial score (nSPS) is 12.6. The smallest absolute Gasteiger partial charge is 0.103 e. The van der Waals surface area contributed by atoms with Crippen molar-refractivity contribution in [2.75, 3.05) is 6.54 Å². The highest BCUT2D eigenvalue weighted by Crippen LogP contribution is 2.27. The fourth-order valence-electron chi connectivity index (χ4n) is 2.18. The number of aryl methyl sites for hydroxylation is 1. The first-order valence-electron chi connectivity index (χ1n) is 6.91. The second-order valence-corrected chi connectivity index (χ2v) is 5.61. The zero-order valence-electron chi connectivity index (χ0n) is 11.5. The summed E-state index contributed by atoms with van der Waals surface area (Å²) in [6.45, 7) is 3.13. The number of rotatable bonds is 7. The summed E-state index contributed by atoms with van der Waals surface area (Å²) in [6, 6.07) is 10.0. The molecule has 108 valence electrons. The van der Waals surface area contributed by atoms with Crippen molar-refractivity contribution in [2.45, 2.75) is 32.2 Å². The van der Waals surface area contributed by atoms with E-state index in [-0.39, 0.29) is 6.04 Å². The molecule has 0 fully saturated rings. The first-order chi connectivity index (χ1) is 9.70. The number of furan rings is 1. The first kappa shape index (κ1) is 15.4. The van der Waals surface area contributed by atoms with E-state index in [1.54, 1.807) is 6.26 Å². The highest BCUT2D eigenvalue weighted by atomic mass is 35.5. The van der Waals surface area contributed by atoms with Crippen molar-refractivity contribution in [3.05, 3.63) is 58.0 Å². The standard InChI is InChI=1S/C16H19Cl2NO/c1-2-9-19-16(8-6-13-4-3-10-20-13)12-5-7-14(17)15(18)11-12/h3-5,7,10-11,16,19H,2,6,8-9H2,1H3. The second-order valence-electron chi connectivity index (χ2n) is 4.80. The number of benzene rings is 1. The topological polar surface area (TPSA) is 25.2 Å². The Balaban J connectivity index is 2.07. The summed E-state index contributed by atoms with van der Waals surface area (Å²) in [5, 5.41) is 4.75. The molecule has 0 aliphatic carbocycles. The fraction of sp³-hybridized carbons (Fsp3) is 0.375. The van der Waals surface area contributed by atoms with E-state index in [0.29, 0.717) is 10.0 Å². The lowest BCUT2D eigenvalue weighted by Gasteiger charge is -2.19. The monoisotopic (exact) mass is 311 g/mol. The first-order valence-corrected chi connectivity index (χ1v) is 7.67. The van der Waals surface area contributed by atoms with Crippen LogP contribution in [0.2, 0.25) is 10.0 Å². The van der Waals surface area contributed by atoms with Gasteiger partial charge >= 0.3 is 0 Å². The molecule has 1 aromatic heterocycles. The minimum absolute atomic E-state index is 0.259. The number of nitrogens with one attached hydrogen (secondary N) is 1. The lowest BCUT2D eigenvalue weighted by molar-refractivity contribution is 0.452. The predicted molar refractivity (Wildman–Crippen MR) is 84.5 cm³/mol. The molecule has 1 aromatic carbocycles. The Morgan fingerprint density at radius 3 is 2.70 bits per heavy atom. The van der Waals surface area contributed by atoms with Crippen LogP contribution in [0.1, 0.15) is 37.1 Å². The Bertz CT molecular complexity index is 525. The number of hydrogen-bond donors (Lipinski definition) is 1. The van der Waals surface area contributed by atoms with Gasteiger partial charge in [-0.3, -0.25) is 0 Å². The third kappa shape index (κ3) is 4.27. The molecule has 0 saturated heterocycles. The average molecular weight is 312 g/mol. The number of halogens is 2. The molecule has 2 aromatic rings. The summed E-state index contributed by atoms with van der Waals surface area (Å²) in [5.41, 5.74) is 1.17. The Kier molecular flexibility index (Phi) is 5.96. The molecule has 20 heavy (non-hydrogen) atoms. The molecule has 0 amide bonds. The Morgan fingerprint density at radius 2 is 2.05 bits per heavy atom. The molecule has 1 unspecified atom stereocenters. The van der Waals surface area contributed by atoms with Gasteiger partial charge in [0, 0.05) is 12.5 Å². The fourth-order valence-corrected chi connectivity index (χ4v) is 2.48. The molecule has 2 rings (SSSR count). The van der Waals surface area contributed by atoms with Crippen molar-refractivity contribution in [1.82, 2.24) is 5.32 Å². The van der Waals surface area contributed by atoms with Gasteiger partial charge in [0.2, 0.25) is 0 Å². The minimum Gasteiger partial charge on any atom is -0.469 e. The van der Waals surface area contributed by atoms with E-state index in [9.17, 15) is 0 Å². The summed E-state index contributed by atoms with van der Waals surface area (Å²) >= 11 is 12.1. The molecule has 0 bridgehead atoms. The van der Waals surface area contributed by atoms with E-state index in [1.807, 2.05) is 30.3 Å². The van der Waals surface area contributed by atoms with Crippen LogP contribution >= 0.6 is 23.2 Å². The van der Waals surface area contributed by atoms with Crippen LogP contribution in [0.3, 0.4) is 0 Å². The van der Waals surface area contributed by atoms with Crippen molar-refractivity contribution in [3.8, 4) is 0 Å². The molecule has 2 nitrogen and oxygen atoms in total. The van der Waals surface area contributed by atoms with Crippen molar-refractivity contribution in [3.63, 3.8) is 0 Å². The van der Waals surface area contributed by atoms with Crippen LogP contribution in [-0.2, 0) is 6.42 Å². The summed E-state index contributed by atoms with van der Waals surface area (Å²) in [7, 11) is 0. The van der Waals surface area contributed by atoms with Crippen LogP contribution in [0, 0.1) is 0 Å². The Hall–Kier alpha value is -0.960. The van der Waals surface area contributed by atoms with Gasteiger partial charge in [-0.25, -0.2) is 0 Å². The maximum Gasteiger partial charge on any atom is 0.103 e. The molecule has 0 aliphatic rings. The maximum absolute atomic E-state index is 6.11. The summed E-state index contributed by atoms with van der Waals surface area (Å²) < 4.78 is 5.39. The van der Waals surface area contributed by atoms with E-state index in [0.717, 1.165) is 31.6 Å². The van der Waals surface area contributed by atoms with Gasteiger partial charge in [-0.1, -0.05) is 36.2 Å². The molecule has 1 N–H and O–H groups in total. The van der Waals surface area contributed by atoms with Crippen LogP contribution in [0.5, 0.6) is 0 Å². The summed E-state index contributed by atoms with van der Waals surface area (Å²) in [5.74, 6) is 1.01. The Labute approximate surface area is 130 Å². The molecule has 4 heteroatoms. The van der Waals surface area contributed by atoms with Crippen LogP contribution < -0.4 is 5.32 Å². The molecule has 1 atom stereocenters. The van der Waals surface area contributed by atoms with Crippen molar-refractivity contribution in [1.29, 1.82) is 0 Å². The number of hydrogen-bond acceptors (Lipinski definition) is 2. The van der Waals surface area contributed by atoms with Crippen molar-refractivity contribution in [2.24, 2.45) is 0 Å². The largest absolute Gasteiger partial charge is 0.469 e. The van der Waals surface area contributed by atoms with Crippen LogP contribution in [-0.4, -0.2) is 6.54 Å². The van der Waals surface area contributed by atoms with Crippen molar-refractivity contribution < 1.29 is 4.42 Å². The van der Waals surface area contributed by atoms with Crippen LogP contribution in [0.25, 0.3) is 0 Å². The second kappa shape index (κ2) is 7.72. The molecule has 0 saturated carbocycles. The summed E-state index contributed by atoms with van der Waals surface area (Å²) in [6.07, 6.45) is 4.67. The van der Waals surface area contributed by atoms with Gasteiger partial charge in [0.05, 0.1) is 16.3 Å². The highest BCUT2D eigenvalue weighted by molar-refractivity contribution is 6.42. The highest BCUT2D eigenvalue weighted by Gasteiger charge is 2.13. The minimum atomic E-state index is 0.259. The van der Waals surface area contributed by atoms with E-state index < -0.39 is 0 Å². The zero-order chi connectivity index (χ0) is 14.4. The molecule has 0 spiro atoms. The quantitative estimate of drug-likeness (QED) is 0.754. The maximum atomic E-state index is 6.11. The third-order valence-electron chi connectivity index (χ3n) is 3.25. The van der Waals surface area contributed by atoms with Crippen molar-refractivity contribution >= 4 is 23.2 Å². The average Bonchev–Trinajstić information content (AvgIpc) is 2.95.